The van der Waals surface area contributed by atoms with E-state index in [2.05, 4.69) is 44.6 Å². The molecular formula is C28H39N7O5. The van der Waals surface area contributed by atoms with Gasteiger partial charge in [-0.15, -0.1) is 0 Å². The Kier molecular flexibility index (Phi) is 8.09. The Morgan fingerprint density at radius 2 is 2.08 bits per heavy atom. The highest BCUT2D eigenvalue weighted by Crippen LogP contribution is 2.41. The second-order valence-electron chi connectivity index (χ2n) is 11.5. The quantitative estimate of drug-likeness (QED) is 0.281. The van der Waals surface area contributed by atoms with Crippen LogP contribution in [0.3, 0.4) is 0 Å². The highest BCUT2D eigenvalue weighted by molar-refractivity contribution is 5.97. The van der Waals surface area contributed by atoms with E-state index in [-0.39, 0.29) is 35.6 Å². The Hall–Kier alpha value is -3.51. The summed E-state index contributed by atoms with van der Waals surface area (Å²) in [6.07, 6.45) is 7.94. The number of hydrogen-bond donors (Lipinski definition) is 5. The number of H-pyrrole nitrogens is 1. The molecule has 12 nitrogen and oxygen atoms in total. The van der Waals surface area contributed by atoms with E-state index < -0.39 is 18.1 Å². The number of anilines is 1. The third-order valence-electron chi connectivity index (χ3n) is 8.58. The van der Waals surface area contributed by atoms with Crippen LogP contribution in [0.15, 0.2) is 23.0 Å². The van der Waals surface area contributed by atoms with Crippen molar-refractivity contribution < 1.29 is 24.3 Å². The molecule has 5 rings (SSSR count). The number of hydrogen-bond acceptors (Lipinski definition) is 9. The van der Waals surface area contributed by atoms with E-state index in [1.165, 1.54) is 0 Å². The number of nitrogens with one attached hydrogen (secondary N) is 3. The number of amides is 2. The number of aliphatic hydroxyl groups is 2. The van der Waals surface area contributed by atoms with Gasteiger partial charge in [-0.2, -0.15) is 4.98 Å². The lowest BCUT2D eigenvalue weighted by atomic mass is 9.70. The van der Waals surface area contributed by atoms with Gasteiger partial charge in [0.15, 0.2) is 0 Å². The Labute approximate surface area is 232 Å². The van der Waals surface area contributed by atoms with Crippen molar-refractivity contribution in [1.82, 2.24) is 30.3 Å². The number of aromatic amines is 1. The summed E-state index contributed by atoms with van der Waals surface area (Å²) < 4.78 is 5.55. The van der Waals surface area contributed by atoms with Gasteiger partial charge in [0.05, 0.1) is 16.9 Å². The summed E-state index contributed by atoms with van der Waals surface area (Å²) in [7, 11) is 0. The molecule has 2 fully saturated rings. The monoisotopic (exact) mass is 553 g/mol. The molecule has 2 amide bonds. The van der Waals surface area contributed by atoms with Gasteiger partial charge in [0.2, 0.25) is 5.91 Å². The van der Waals surface area contributed by atoms with Crippen LogP contribution in [0.5, 0.6) is 0 Å². The van der Waals surface area contributed by atoms with E-state index in [0.29, 0.717) is 43.1 Å². The summed E-state index contributed by atoms with van der Waals surface area (Å²) in [5.41, 5.74) is 1.44. The van der Waals surface area contributed by atoms with E-state index >= 15 is 0 Å². The zero-order chi connectivity index (χ0) is 28.4. The summed E-state index contributed by atoms with van der Waals surface area (Å²) in [5, 5.41) is 31.5. The van der Waals surface area contributed by atoms with Crippen molar-refractivity contribution in [2.24, 2.45) is 11.8 Å². The number of piperidine rings is 1. The fraction of sp³-hybridized carbons (Fsp3) is 0.607. The lowest BCUT2D eigenvalue weighted by molar-refractivity contribution is -0.135. The summed E-state index contributed by atoms with van der Waals surface area (Å²) in [5.74, 6) is 0.0457. The highest BCUT2D eigenvalue weighted by atomic mass is 16.5. The van der Waals surface area contributed by atoms with Gasteiger partial charge in [0.1, 0.15) is 12.3 Å². The molecule has 5 N–H and O–H groups in total. The lowest BCUT2D eigenvalue weighted by Crippen LogP contribution is -2.47. The van der Waals surface area contributed by atoms with Crippen LogP contribution in [0, 0.1) is 11.8 Å². The number of carbonyl (C=O) groups is 2. The van der Waals surface area contributed by atoms with Crippen molar-refractivity contribution in [3.63, 3.8) is 0 Å². The maximum atomic E-state index is 12.9. The third kappa shape index (κ3) is 5.83. The number of rotatable bonds is 8. The Morgan fingerprint density at radius 1 is 1.30 bits per heavy atom. The Bertz CT molecular complexity index is 1350. The van der Waals surface area contributed by atoms with Crippen molar-refractivity contribution in [3.8, 4) is 11.5 Å². The van der Waals surface area contributed by atoms with Gasteiger partial charge in [-0.1, -0.05) is 19.0 Å². The van der Waals surface area contributed by atoms with E-state index in [4.69, 9.17) is 9.63 Å². The maximum Gasteiger partial charge on any atom is 0.292 e. The molecule has 4 heterocycles. The second-order valence-corrected chi connectivity index (χ2v) is 11.5. The average Bonchev–Trinajstić information content (AvgIpc) is 3.63. The number of fused-ring (bicyclic) bond motifs is 1. The van der Waals surface area contributed by atoms with Gasteiger partial charge in [-0.05, 0) is 63.4 Å². The molecule has 3 aromatic heterocycles. The van der Waals surface area contributed by atoms with Crippen molar-refractivity contribution in [2.45, 2.75) is 77.0 Å². The molecule has 4 atom stereocenters. The maximum absolute atomic E-state index is 12.9. The van der Waals surface area contributed by atoms with Crippen molar-refractivity contribution in [2.75, 3.05) is 25.0 Å². The number of aromatic nitrogens is 4. The topological polar surface area (TPSA) is 169 Å². The molecule has 0 bridgehead atoms. The van der Waals surface area contributed by atoms with Gasteiger partial charge >= 0.3 is 0 Å². The molecule has 40 heavy (non-hydrogen) atoms. The second kappa shape index (κ2) is 11.5. The number of carbonyl (C=O) groups excluding carboxylic acids is 2. The minimum atomic E-state index is -0.650. The Morgan fingerprint density at radius 3 is 2.80 bits per heavy atom. The molecule has 0 radical (unpaired) electrons. The van der Waals surface area contributed by atoms with Gasteiger partial charge in [0.25, 0.3) is 17.6 Å². The standard InChI is InChI=1S/C28H39N7O5/c1-4-28(39)12-16(2)11-18(13-28)17(3)31-23-20-5-8-29-24(20)30-14-21(23)27-33-25(34-40-27)26(38)32-19-6-9-35(10-7-19)22(37)15-36/h5,8,14,16-19,36,39H,4,6-7,9-13,15H2,1-3H3,(H,32,38)(H2,29,30,31)/t16?,17-,18-,28-/m0/s1. The van der Waals surface area contributed by atoms with E-state index in [0.717, 1.165) is 36.8 Å². The van der Waals surface area contributed by atoms with Crippen LogP contribution in [0.4, 0.5) is 5.69 Å². The molecule has 0 aromatic carbocycles. The highest BCUT2D eigenvalue weighted by Gasteiger charge is 2.38. The summed E-state index contributed by atoms with van der Waals surface area (Å²) in [4.78, 5) is 38.3. The van der Waals surface area contributed by atoms with E-state index in [1.54, 1.807) is 11.1 Å². The van der Waals surface area contributed by atoms with Gasteiger partial charge in [0, 0.05) is 43.0 Å². The molecule has 1 saturated carbocycles. The van der Waals surface area contributed by atoms with Crippen LogP contribution in [-0.4, -0.2) is 84.4 Å². The fourth-order valence-electron chi connectivity index (χ4n) is 6.29. The summed E-state index contributed by atoms with van der Waals surface area (Å²) in [6.45, 7) is 6.79. The van der Waals surface area contributed by atoms with E-state index in [9.17, 15) is 14.7 Å². The smallest absolute Gasteiger partial charge is 0.292 e. The van der Waals surface area contributed by atoms with Crippen molar-refractivity contribution in [3.05, 3.63) is 24.3 Å². The first-order chi connectivity index (χ1) is 19.2. The van der Waals surface area contributed by atoms with E-state index in [1.807, 2.05) is 19.2 Å². The molecule has 216 valence electrons. The summed E-state index contributed by atoms with van der Waals surface area (Å²) in [6, 6.07) is 1.85. The number of aliphatic hydroxyl groups excluding tert-OH is 1. The van der Waals surface area contributed by atoms with Crippen LogP contribution < -0.4 is 10.6 Å². The zero-order valence-corrected chi connectivity index (χ0v) is 23.3. The third-order valence-corrected chi connectivity index (χ3v) is 8.58. The van der Waals surface area contributed by atoms with Crippen LogP contribution >= 0.6 is 0 Å². The van der Waals surface area contributed by atoms with Gasteiger partial charge in [-0.25, -0.2) is 4.98 Å². The van der Waals surface area contributed by atoms with Gasteiger partial charge in [-0.3, -0.25) is 9.59 Å². The Balaban J connectivity index is 1.33. The largest absolute Gasteiger partial charge is 0.390 e. The van der Waals surface area contributed by atoms with Crippen molar-refractivity contribution >= 4 is 28.5 Å². The first kappa shape index (κ1) is 28.0. The number of pyridine rings is 1. The normalized spacial score (nSPS) is 24.7. The predicted octanol–water partition coefficient (Wildman–Crippen LogP) is 2.70. The number of nitrogens with zero attached hydrogens (tertiary/aromatic N) is 4. The molecule has 1 aliphatic carbocycles. The first-order valence-corrected chi connectivity index (χ1v) is 14.2. The predicted molar refractivity (Wildman–Crippen MR) is 148 cm³/mol. The van der Waals surface area contributed by atoms with Crippen LogP contribution in [0.25, 0.3) is 22.5 Å². The molecular weight excluding hydrogens is 514 g/mol. The zero-order valence-electron chi connectivity index (χ0n) is 23.3. The first-order valence-electron chi connectivity index (χ1n) is 14.2. The average molecular weight is 554 g/mol. The molecule has 1 unspecified atom stereocenters. The molecule has 1 aliphatic heterocycles. The minimum absolute atomic E-state index is 0.0503. The SMILES string of the molecule is CC[C@]1(O)CC(C)C[C@H]([C@H](C)Nc2c(-c3nc(C(=O)NC4CCN(C(=O)CO)CC4)no3)cnc3[nH]ccc23)C1. The van der Waals surface area contributed by atoms with Gasteiger partial charge < -0.3 is 35.3 Å². The molecule has 2 aliphatic rings. The molecule has 0 spiro atoms. The van der Waals surface area contributed by atoms with Crippen LogP contribution in [-0.2, 0) is 4.79 Å². The molecule has 1 saturated heterocycles. The minimum Gasteiger partial charge on any atom is -0.390 e. The fourth-order valence-corrected chi connectivity index (χ4v) is 6.29. The van der Waals surface area contributed by atoms with Crippen molar-refractivity contribution in [1.29, 1.82) is 0 Å². The lowest BCUT2D eigenvalue weighted by Gasteiger charge is -2.42. The van der Waals surface area contributed by atoms with Crippen LogP contribution in [0.1, 0.15) is 69.9 Å². The number of likely N-dealkylation sites (tertiary alicyclic amines) is 1. The summed E-state index contributed by atoms with van der Waals surface area (Å²) >= 11 is 0. The molecule has 3 aromatic rings. The van der Waals surface area contributed by atoms with Crippen LogP contribution in [0.2, 0.25) is 0 Å². The molecule has 12 heteroatoms.